The minimum atomic E-state index is -1.25. The van der Waals surface area contributed by atoms with Crippen molar-refractivity contribution in [1.29, 1.82) is 0 Å². The molecular formula is C26H49NO14. The van der Waals surface area contributed by atoms with Gasteiger partial charge in [-0.1, -0.05) is 0 Å². The molecular weight excluding hydrogens is 550 g/mol. The molecule has 15 atom stereocenters. The molecule has 3 fully saturated rings. The van der Waals surface area contributed by atoms with Gasteiger partial charge < -0.3 is 72.4 Å². The van der Waals surface area contributed by atoms with Crippen LogP contribution in [0.1, 0.15) is 6.92 Å². The molecule has 0 aliphatic carbocycles. The Morgan fingerprint density at radius 2 is 0.951 bits per heavy atom. The fraction of sp³-hybridized carbons (Fsp3) is 1.00. The van der Waals surface area contributed by atoms with E-state index in [4.69, 9.17) is 67.3 Å². The van der Waals surface area contributed by atoms with Gasteiger partial charge in [-0.25, -0.2) is 0 Å². The average molecular weight is 600 g/mol. The summed E-state index contributed by atoms with van der Waals surface area (Å²) in [4.78, 5) is 0. The Bertz CT molecular complexity index is 753. The van der Waals surface area contributed by atoms with Crippen molar-refractivity contribution in [3.63, 3.8) is 0 Å². The summed E-state index contributed by atoms with van der Waals surface area (Å²) in [5.41, 5.74) is 6.31. The molecule has 0 aromatic carbocycles. The topological polar surface area (TPSA) is 166 Å². The van der Waals surface area contributed by atoms with Gasteiger partial charge in [0, 0.05) is 56.9 Å². The smallest absolute Gasteiger partial charge is 0.187 e. The summed E-state index contributed by atoms with van der Waals surface area (Å²) >= 11 is 0. The first-order valence-electron chi connectivity index (χ1n) is 13.6. The van der Waals surface area contributed by atoms with Crippen molar-refractivity contribution >= 4 is 0 Å². The number of ether oxygens (including phenoxy) is 13. The second kappa shape index (κ2) is 16.5. The number of aliphatic hydroxyl groups excluding tert-OH is 1. The van der Waals surface area contributed by atoms with Crippen LogP contribution in [0.2, 0.25) is 0 Å². The van der Waals surface area contributed by atoms with Crippen LogP contribution >= 0.6 is 0 Å². The molecule has 3 saturated heterocycles. The third-order valence-corrected chi connectivity index (χ3v) is 7.94. The molecule has 0 spiro atoms. The van der Waals surface area contributed by atoms with Crippen molar-refractivity contribution in [2.75, 3.05) is 70.1 Å². The van der Waals surface area contributed by atoms with E-state index in [-0.39, 0.29) is 19.3 Å². The lowest BCUT2D eigenvalue weighted by molar-refractivity contribution is -0.380. The Morgan fingerprint density at radius 3 is 1.41 bits per heavy atom. The van der Waals surface area contributed by atoms with E-state index in [9.17, 15) is 5.11 Å². The van der Waals surface area contributed by atoms with Crippen molar-refractivity contribution in [1.82, 2.24) is 0 Å². The molecule has 15 unspecified atom stereocenters. The fourth-order valence-electron chi connectivity index (χ4n) is 5.82. The molecule has 0 radical (unpaired) electrons. The predicted octanol–water partition coefficient (Wildman–Crippen LogP) is -1.35. The van der Waals surface area contributed by atoms with Crippen LogP contribution in [-0.2, 0) is 61.6 Å². The third kappa shape index (κ3) is 7.56. The van der Waals surface area contributed by atoms with Crippen LogP contribution in [0.15, 0.2) is 0 Å². The zero-order valence-corrected chi connectivity index (χ0v) is 25.4. The lowest BCUT2D eigenvalue weighted by atomic mass is 9.95. The van der Waals surface area contributed by atoms with E-state index in [0.29, 0.717) is 0 Å². The number of hydrogen-bond acceptors (Lipinski definition) is 15. The number of nitrogens with two attached hydrogens (primary N) is 1. The van der Waals surface area contributed by atoms with Gasteiger partial charge in [0.2, 0.25) is 0 Å². The van der Waals surface area contributed by atoms with Gasteiger partial charge in [-0.2, -0.15) is 0 Å². The minimum Gasteiger partial charge on any atom is -0.382 e. The summed E-state index contributed by atoms with van der Waals surface area (Å²) in [7, 11) is 12.2. The third-order valence-electron chi connectivity index (χ3n) is 7.94. The maximum absolute atomic E-state index is 10.5. The minimum absolute atomic E-state index is 0.113. The van der Waals surface area contributed by atoms with Gasteiger partial charge in [-0.15, -0.1) is 0 Å². The Morgan fingerprint density at radius 1 is 0.537 bits per heavy atom. The van der Waals surface area contributed by atoms with Gasteiger partial charge in [0.15, 0.2) is 18.9 Å². The Kier molecular flexibility index (Phi) is 14.0. The van der Waals surface area contributed by atoms with E-state index in [1.54, 1.807) is 14.2 Å². The molecule has 41 heavy (non-hydrogen) atoms. The van der Waals surface area contributed by atoms with Gasteiger partial charge >= 0.3 is 0 Å². The highest BCUT2D eigenvalue weighted by atomic mass is 16.8. The van der Waals surface area contributed by atoms with Gasteiger partial charge in [0.1, 0.15) is 61.0 Å². The van der Waals surface area contributed by atoms with Crippen molar-refractivity contribution in [3.8, 4) is 0 Å². The molecule has 3 aliphatic rings. The quantitative estimate of drug-likeness (QED) is 0.241. The lowest BCUT2D eigenvalue weighted by Crippen LogP contribution is -2.68. The molecule has 0 saturated carbocycles. The summed E-state index contributed by atoms with van der Waals surface area (Å²) in [6.07, 6.45) is -10.6. The standard InChI is InChI=1S/C26H49NO14/c1-12-15(27)18(31-4)22(35-8)25(37-12)40-17-14(11-30-3)39-26(23(36-9)20(17)33-6)41-16-13(10-29-2)38-24(28)21(34-7)19(16)32-5/h12-26,28H,10-11,27H2,1-9H3. The van der Waals surface area contributed by atoms with Crippen molar-refractivity contribution in [2.24, 2.45) is 5.73 Å². The first-order valence-corrected chi connectivity index (χ1v) is 13.6. The van der Waals surface area contributed by atoms with E-state index in [1.807, 2.05) is 6.92 Å². The van der Waals surface area contributed by atoms with Crippen molar-refractivity contribution < 1.29 is 66.7 Å². The predicted molar refractivity (Wildman–Crippen MR) is 140 cm³/mol. The van der Waals surface area contributed by atoms with Crippen molar-refractivity contribution in [2.45, 2.75) is 99.0 Å². The average Bonchev–Trinajstić information content (AvgIpc) is 2.96. The van der Waals surface area contributed by atoms with Crippen LogP contribution in [0.4, 0.5) is 0 Å². The fourth-order valence-corrected chi connectivity index (χ4v) is 5.82. The molecule has 0 aromatic rings. The molecule has 15 heteroatoms. The van der Waals surface area contributed by atoms with E-state index in [1.165, 1.54) is 42.7 Å². The van der Waals surface area contributed by atoms with E-state index >= 15 is 0 Å². The number of hydrogen-bond donors (Lipinski definition) is 2. The van der Waals surface area contributed by atoms with Crippen LogP contribution in [0.25, 0.3) is 0 Å². The van der Waals surface area contributed by atoms with Gasteiger partial charge in [0.25, 0.3) is 0 Å². The molecule has 242 valence electrons. The van der Waals surface area contributed by atoms with Gasteiger partial charge in [0.05, 0.1) is 25.4 Å². The Labute approximate surface area is 241 Å². The monoisotopic (exact) mass is 599 g/mol. The number of methoxy groups -OCH3 is 8. The normalized spacial score (nSPS) is 45.6. The summed E-state index contributed by atoms with van der Waals surface area (Å²) in [6, 6.07) is -0.425. The molecule has 0 aromatic heterocycles. The molecule has 3 rings (SSSR count). The maximum Gasteiger partial charge on any atom is 0.187 e. The molecule has 15 nitrogen and oxygen atoms in total. The highest BCUT2D eigenvalue weighted by Crippen LogP contribution is 2.35. The van der Waals surface area contributed by atoms with Gasteiger partial charge in [-0.05, 0) is 6.92 Å². The molecule has 0 bridgehead atoms. The molecule has 3 N–H and O–H groups in total. The molecule has 0 amide bonds. The highest BCUT2D eigenvalue weighted by Gasteiger charge is 2.55. The molecule has 3 heterocycles. The van der Waals surface area contributed by atoms with Crippen molar-refractivity contribution in [3.05, 3.63) is 0 Å². The second-order valence-electron chi connectivity index (χ2n) is 10.2. The zero-order chi connectivity index (χ0) is 30.3. The van der Waals surface area contributed by atoms with E-state index in [2.05, 4.69) is 0 Å². The second-order valence-corrected chi connectivity index (χ2v) is 10.2. The number of aliphatic hydroxyl groups is 1. The largest absolute Gasteiger partial charge is 0.382 e. The Hall–Kier alpha value is -0.600. The number of rotatable bonds is 14. The first kappa shape index (κ1) is 34.9. The summed E-state index contributed by atoms with van der Waals surface area (Å²) in [6.45, 7) is 2.09. The summed E-state index contributed by atoms with van der Waals surface area (Å²) < 4.78 is 76.4. The molecule has 3 aliphatic heterocycles. The van der Waals surface area contributed by atoms with Crippen LogP contribution in [-0.4, -0.2) is 167 Å². The van der Waals surface area contributed by atoms with E-state index in [0.717, 1.165) is 0 Å². The zero-order valence-electron chi connectivity index (χ0n) is 25.4. The first-order chi connectivity index (χ1) is 19.7. The van der Waals surface area contributed by atoms with Gasteiger partial charge in [-0.3, -0.25) is 0 Å². The van der Waals surface area contributed by atoms with Crippen LogP contribution in [0.5, 0.6) is 0 Å². The van der Waals surface area contributed by atoms with E-state index < -0.39 is 86.0 Å². The SMILES string of the molecule is COCC1OC(O)C(OC)C(OC)C1OC1OC(COC)C(OC2OC(C)C(N)C(OC)C2OC)C(OC)C1OC. The Balaban J connectivity index is 1.89. The summed E-state index contributed by atoms with van der Waals surface area (Å²) in [5.74, 6) is 0. The van der Waals surface area contributed by atoms with Crippen LogP contribution < -0.4 is 5.73 Å². The van der Waals surface area contributed by atoms with Crippen LogP contribution in [0.3, 0.4) is 0 Å². The lowest BCUT2D eigenvalue weighted by Gasteiger charge is -2.50. The van der Waals surface area contributed by atoms with Crippen LogP contribution in [0, 0.1) is 0 Å². The highest BCUT2D eigenvalue weighted by molar-refractivity contribution is 4.98. The summed E-state index contributed by atoms with van der Waals surface area (Å²) in [5, 5.41) is 10.5. The maximum atomic E-state index is 10.5.